The van der Waals surface area contributed by atoms with Crippen molar-refractivity contribution in [3.8, 4) is 0 Å². The summed E-state index contributed by atoms with van der Waals surface area (Å²) in [5.41, 5.74) is 4.07. The number of nitrogens with one attached hydrogen (secondary N) is 1. The summed E-state index contributed by atoms with van der Waals surface area (Å²) < 4.78 is 0. The largest absolute Gasteiger partial charge is 0.309 e. The summed E-state index contributed by atoms with van der Waals surface area (Å²) in [6.45, 7) is 2.08. The Morgan fingerprint density at radius 1 is 1.30 bits per heavy atom. The number of aryl methyl sites for hydroxylation is 1. The van der Waals surface area contributed by atoms with Crippen molar-refractivity contribution in [1.82, 2.24) is 5.32 Å². The molecule has 0 saturated heterocycles. The van der Waals surface area contributed by atoms with Gasteiger partial charge in [0.2, 0.25) is 0 Å². The van der Waals surface area contributed by atoms with Gasteiger partial charge in [0.1, 0.15) is 0 Å². The first-order chi connectivity index (χ1) is 9.72. The predicted octanol–water partition coefficient (Wildman–Crippen LogP) is 5.29. The zero-order valence-electron chi connectivity index (χ0n) is 11.9. The molecule has 0 amide bonds. The van der Waals surface area contributed by atoms with Crippen LogP contribution in [0.4, 0.5) is 0 Å². The summed E-state index contributed by atoms with van der Waals surface area (Å²) in [7, 11) is 2.02. The summed E-state index contributed by atoms with van der Waals surface area (Å²) >= 11 is 8.24. The quantitative estimate of drug-likeness (QED) is 0.809. The van der Waals surface area contributed by atoms with Gasteiger partial charge < -0.3 is 5.32 Å². The summed E-state index contributed by atoms with van der Waals surface area (Å²) in [6.07, 6.45) is 4.01. The first-order valence-corrected chi connectivity index (χ1v) is 8.47. The fraction of sp³-hybridized carbons (Fsp3) is 0.412. The molecule has 1 saturated carbocycles. The van der Waals surface area contributed by atoms with Gasteiger partial charge in [-0.3, -0.25) is 0 Å². The molecule has 3 rings (SSSR count). The first-order valence-electron chi connectivity index (χ1n) is 7.22. The highest BCUT2D eigenvalue weighted by atomic mass is 35.5. The molecule has 20 heavy (non-hydrogen) atoms. The Morgan fingerprint density at radius 2 is 2.05 bits per heavy atom. The van der Waals surface area contributed by atoms with E-state index in [4.69, 9.17) is 11.6 Å². The normalized spacial score (nSPS) is 16.9. The molecule has 1 nitrogen and oxygen atoms in total. The van der Waals surface area contributed by atoms with Crippen molar-refractivity contribution >= 4 is 22.9 Å². The lowest BCUT2D eigenvalue weighted by molar-refractivity contribution is 0.415. The highest BCUT2D eigenvalue weighted by Crippen LogP contribution is 2.42. The van der Waals surface area contributed by atoms with Crippen LogP contribution in [0.5, 0.6) is 0 Å². The molecule has 0 aliphatic heterocycles. The van der Waals surface area contributed by atoms with Crippen molar-refractivity contribution in [3.63, 3.8) is 0 Å². The Bertz CT molecular complexity index is 601. The van der Waals surface area contributed by atoms with E-state index >= 15 is 0 Å². The molecular formula is C17H20ClNS. The van der Waals surface area contributed by atoms with Crippen molar-refractivity contribution in [3.05, 3.63) is 56.2 Å². The molecule has 0 spiro atoms. The van der Waals surface area contributed by atoms with Gasteiger partial charge in [-0.1, -0.05) is 42.3 Å². The van der Waals surface area contributed by atoms with Gasteiger partial charge in [0.05, 0.1) is 11.1 Å². The number of benzene rings is 1. The second-order valence-electron chi connectivity index (χ2n) is 5.58. The fourth-order valence-electron chi connectivity index (χ4n) is 2.94. The van der Waals surface area contributed by atoms with Gasteiger partial charge in [0, 0.05) is 4.88 Å². The molecule has 1 fully saturated rings. The van der Waals surface area contributed by atoms with E-state index in [1.165, 1.54) is 40.8 Å². The Morgan fingerprint density at radius 3 is 2.60 bits per heavy atom. The van der Waals surface area contributed by atoms with Crippen LogP contribution in [0, 0.1) is 6.92 Å². The lowest BCUT2D eigenvalue weighted by Gasteiger charge is -2.30. The molecule has 1 aromatic heterocycles. The fourth-order valence-corrected chi connectivity index (χ4v) is 4.37. The molecule has 1 aliphatic carbocycles. The summed E-state index contributed by atoms with van der Waals surface area (Å²) in [5.74, 6) is 0.738. The Balaban J connectivity index is 2.03. The minimum Gasteiger partial charge on any atom is -0.309 e. The van der Waals surface area contributed by atoms with E-state index in [-0.39, 0.29) is 6.04 Å². The highest BCUT2D eigenvalue weighted by molar-refractivity contribution is 7.10. The Labute approximate surface area is 130 Å². The van der Waals surface area contributed by atoms with E-state index < -0.39 is 0 Å². The topological polar surface area (TPSA) is 12.0 Å². The summed E-state index contributed by atoms with van der Waals surface area (Å²) in [5, 5.41) is 6.52. The maximum absolute atomic E-state index is 6.48. The van der Waals surface area contributed by atoms with Crippen LogP contribution in [0.25, 0.3) is 0 Å². The smallest absolute Gasteiger partial charge is 0.0686 e. The van der Waals surface area contributed by atoms with Gasteiger partial charge in [-0.15, -0.1) is 11.3 Å². The van der Waals surface area contributed by atoms with E-state index in [1.54, 1.807) is 11.3 Å². The molecule has 3 heteroatoms. The van der Waals surface area contributed by atoms with E-state index in [2.05, 4.69) is 41.9 Å². The van der Waals surface area contributed by atoms with Crippen molar-refractivity contribution in [2.75, 3.05) is 7.05 Å². The zero-order valence-corrected chi connectivity index (χ0v) is 13.5. The van der Waals surface area contributed by atoms with Crippen LogP contribution >= 0.6 is 22.9 Å². The van der Waals surface area contributed by atoms with Gasteiger partial charge in [-0.25, -0.2) is 0 Å². The third-order valence-electron chi connectivity index (χ3n) is 4.33. The number of thiophene rings is 1. The minimum absolute atomic E-state index is 0.206. The zero-order chi connectivity index (χ0) is 14.1. The van der Waals surface area contributed by atoms with Crippen LogP contribution in [-0.4, -0.2) is 7.05 Å². The first kappa shape index (κ1) is 14.1. The SMILES string of the molecule is CNC(c1ccccc1C1CCC1)c1scc(C)c1Cl. The Hall–Kier alpha value is -0.830. The van der Waals surface area contributed by atoms with Gasteiger partial charge in [-0.05, 0) is 54.8 Å². The number of rotatable bonds is 4. The maximum Gasteiger partial charge on any atom is 0.0686 e. The Kier molecular flexibility index (Phi) is 4.16. The number of hydrogen-bond donors (Lipinski definition) is 1. The third kappa shape index (κ3) is 2.41. The van der Waals surface area contributed by atoms with Crippen LogP contribution in [0.15, 0.2) is 29.6 Å². The monoisotopic (exact) mass is 305 g/mol. The average Bonchev–Trinajstić information content (AvgIpc) is 2.72. The molecule has 1 aromatic carbocycles. The number of hydrogen-bond acceptors (Lipinski definition) is 2. The highest BCUT2D eigenvalue weighted by Gasteiger charge is 2.26. The molecular weight excluding hydrogens is 286 g/mol. The van der Waals surface area contributed by atoms with Crippen molar-refractivity contribution in [1.29, 1.82) is 0 Å². The predicted molar refractivity (Wildman–Crippen MR) is 88.0 cm³/mol. The minimum atomic E-state index is 0.206. The van der Waals surface area contributed by atoms with Crippen molar-refractivity contribution < 1.29 is 0 Å². The van der Waals surface area contributed by atoms with Crippen LogP contribution in [-0.2, 0) is 0 Å². The lowest BCUT2D eigenvalue weighted by Crippen LogP contribution is -2.21. The van der Waals surface area contributed by atoms with Gasteiger partial charge in [0.15, 0.2) is 0 Å². The molecule has 0 radical (unpaired) electrons. The van der Waals surface area contributed by atoms with E-state index in [0.29, 0.717) is 0 Å². The van der Waals surface area contributed by atoms with Gasteiger partial charge in [-0.2, -0.15) is 0 Å². The van der Waals surface area contributed by atoms with E-state index in [1.807, 2.05) is 7.05 Å². The molecule has 0 bridgehead atoms. The molecule has 1 unspecified atom stereocenters. The number of halogens is 1. The van der Waals surface area contributed by atoms with Gasteiger partial charge >= 0.3 is 0 Å². The molecule has 2 aromatic rings. The van der Waals surface area contributed by atoms with Crippen LogP contribution < -0.4 is 5.32 Å². The molecule has 1 atom stereocenters. The second-order valence-corrected chi connectivity index (χ2v) is 6.86. The molecule has 1 heterocycles. The van der Waals surface area contributed by atoms with Crippen molar-refractivity contribution in [2.45, 2.75) is 38.1 Å². The summed E-state index contributed by atoms with van der Waals surface area (Å²) in [6, 6.07) is 9.04. The lowest BCUT2D eigenvalue weighted by atomic mass is 9.77. The second kappa shape index (κ2) is 5.88. The molecule has 1 aliphatic rings. The van der Waals surface area contributed by atoms with Crippen LogP contribution in [0.3, 0.4) is 0 Å². The third-order valence-corrected chi connectivity index (χ3v) is 6.11. The van der Waals surface area contributed by atoms with Crippen LogP contribution in [0.2, 0.25) is 5.02 Å². The average molecular weight is 306 g/mol. The van der Waals surface area contributed by atoms with Gasteiger partial charge in [0.25, 0.3) is 0 Å². The molecule has 106 valence electrons. The summed E-state index contributed by atoms with van der Waals surface area (Å²) in [4.78, 5) is 1.23. The van der Waals surface area contributed by atoms with E-state index in [0.717, 1.165) is 10.9 Å². The maximum atomic E-state index is 6.48. The van der Waals surface area contributed by atoms with Crippen LogP contribution in [0.1, 0.15) is 52.8 Å². The van der Waals surface area contributed by atoms with Crippen molar-refractivity contribution in [2.24, 2.45) is 0 Å². The standard InChI is InChI=1S/C17H20ClNS/c1-11-10-20-17(15(11)18)16(19-2)14-9-4-3-8-13(14)12-6-5-7-12/h3-4,8-10,12,16,19H,5-7H2,1-2H3. The molecule has 1 N–H and O–H groups in total. The van der Waals surface area contributed by atoms with E-state index in [9.17, 15) is 0 Å².